The summed E-state index contributed by atoms with van der Waals surface area (Å²) < 4.78 is 10.9. The first-order valence-electron chi connectivity index (χ1n) is 8.68. The maximum atomic E-state index is 13.0. The van der Waals surface area contributed by atoms with Gasteiger partial charge in [0, 0.05) is 19.7 Å². The number of amides is 2. The van der Waals surface area contributed by atoms with Crippen molar-refractivity contribution in [2.45, 2.75) is 64.2 Å². The fourth-order valence-corrected chi connectivity index (χ4v) is 3.29. The summed E-state index contributed by atoms with van der Waals surface area (Å²) in [4.78, 5) is 27.0. The van der Waals surface area contributed by atoms with Crippen LogP contribution in [0.25, 0.3) is 0 Å². The van der Waals surface area contributed by atoms with E-state index in [-0.39, 0.29) is 24.5 Å². The van der Waals surface area contributed by atoms with Gasteiger partial charge in [0.15, 0.2) is 0 Å². The Labute approximate surface area is 143 Å². The second kappa shape index (κ2) is 7.27. The van der Waals surface area contributed by atoms with E-state index in [9.17, 15) is 14.7 Å². The molecule has 0 aromatic carbocycles. The fraction of sp³-hybridized carbons (Fsp3) is 0.882. The van der Waals surface area contributed by atoms with Crippen molar-refractivity contribution in [1.82, 2.24) is 10.2 Å². The van der Waals surface area contributed by atoms with Crippen LogP contribution in [-0.2, 0) is 14.3 Å². The third-order valence-electron chi connectivity index (χ3n) is 4.54. The van der Waals surface area contributed by atoms with E-state index >= 15 is 0 Å². The Morgan fingerprint density at radius 1 is 1.33 bits per heavy atom. The molecule has 2 rings (SSSR count). The number of alkyl carbamates (subject to hydrolysis) is 1. The highest BCUT2D eigenvalue weighted by molar-refractivity contribution is 5.91. The first-order valence-corrected chi connectivity index (χ1v) is 8.68. The van der Waals surface area contributed by atoms with Crippen LogP contribution in [0.3, 0.4) is 0 Å². The van der Waals surface area contributed by atoms with Gasteiger partial charge < -0.3 is 24.8 Å². The largest absolute Gasteiger partial charge is 0.444 e. The molecule has 2 fully saturated rings. The average Bonchev–Trinajstić information content (AvgIpc) is 2.64. The Morgan fingerprint density at radius 3 is 2.58 bits per heavy atom. The zero-order valence-electron chi connectivity index (χ0n) is 15.1. The Bertz CT molecular complexity index is 468. The van der Waals surface area contributed by atoms with Gasteiger partial charge in [-0.05, 0) is 52.9 Å². The fourth-order valence-electron chi connectivity index (χ4n) is 3.29. The molecule has 24 heavy (non-hydrogen) atoms. The summed E-state index contributed by atoms with van der Waals surface area (Å²) in [6, 6.07) is 0. The minimum absolute atomic E-state index is 0.0190. The summed E-state index contributed by atoms with van der Waals surface area (Å²) in [5.74, 6) is -0.0678. The Balaban J connectivity index is 2.06. The summed E-state index contributed by atoms with van der Waals surface area (Å²) >= 11 is 0. The maximum Gasteiger partial charge on any atom is 0.408 e. The SMILES string of the molecule is CC1CCN(C(=O)C2(NC(=O)OC(C)(C)C)CC(CO)C2)CCO1. The summed E-state index contributed by atoms with van der Waals surface area (Å²) in [5.41, 5.74) is -1.59. The van der Waals surface area contributed by atoms with Crippen molar-refractivity contribution in [3.8, 4) is 0 Å². The van der Waals surface area contributed by atoms with Crippen molar-refractivity contribution in [3.05, 3.63) is 0 Å². The number of hydrogen-bond acceptors (Lipinski definition) is 5. The van der Waals surface area contributed by atoms with E-state index < -0.39 is 17.2 Å². The van der Waals surface area contributed by atoms with E-state index in [4.69, 9.17) is 9.47 Å². The predicted octanol–water partition coefficient (Wildman–Crippen LogP) is 1.29. The molecule has 1 saturated carbocycles. The molecular weight excluding hydrogens is 312 g/mol. The molecule has 0 radical (unpaired) electrons. The van der Waals surface area contributed by atoms with Crippen LogP contribution in [0.15, 0.2) is 0 Å². The van der Waals surface area contributed by atoms with Gasteiger partial charge in [-0.3, -0.25) is 4.79 Å². The molecule has 7 heteroatoms. The lowest BCUT2D eigenvalue weighted by Gasteiger charge is -2.48. The number of aliphatic hydroxyl groups is 1. The lowest BCUT2D eigenvalue weighted by atomic mass is 9.67. The van der Waals surface area contributed by atoms with Crippen LogP contribution < -0.4 is 5.32 Å². The molecule has 2 aliphatic rings. The van der Waals surface area contributed by atoms with Crippen LogP contribution in [0.2, 0.25) is 0 Å². The number of carbonyl (C=O) groups excluding carboxylic acids is 2. The van der Waals surface area contributed by atoms with Crippen molar-refractivity contribution < 1.29 is 24.2 Å². The topological polar surface area (TPSA) is 88.1 Å². The van der Waals surface area contributed by atoms with Crippen molar-refractivity contribution in [2.24, 2.45) is 5.92 Å². The van der Waals surface area contributed by atoms with Gasteiger partial charge in [0.05, 0.1) is 12.7 Å². The number of ether oxygens (including phenoxy) is 2. The first-order chi connectivity index (χ1) is 11.1. The molecule has 1 saturated heterocycles. The quantitative estimate of drug-likeness (QED) is 0.807. The zero-order valence-corrected chi connectivity index (χ0v) is 15.1. The molecule has 0 aromatic rings. The Kier molecular flexibility index (Phi) is 5.75. The second-order valence-corrected chi connectivity index (χ2v) is 7.93. The van der Waals surface area contributed by atoms with Crippen LogP contribution in [0.1, 0.15) is 47.0 Å². The smallest absolute Gasteiger partial charge is 0.408 e. The van der Waals surface area contributed by atoms with Crippen LogP contribution in [0.4, 0.5) is 4.79 Å². The molecule has 1 heterocycles. The Hall–Kier alpha value is -1.34. The number of nitrogens with one attached hydrogen (secondary N) is 1. The lowest BCUT2D eigenvalue weighted by molar-refractivity contribution is -0.145. The first kappa shape index (κ1) is 19.0. The van der Waals surface area contributed by atoms with E-state index in [2.05, 4.69) is 5.32 Å². The van der Waals surface area contributed by atoms with Crippen LogP contribution in [0.5, 0.6) is 0 Å². The highest BCUT2D eigenvalue weighted by Gasteiger charge is 2.53. The average molecular weight is 342 g/mol. The molecule has 1 aliphatic carbocycles. The lowest BCUT2D eigenvalue weighted by Crippen LogP contribution is -2.67. The van der Waals surface area contributed by atoms with Crippen LogP contribution in [0, 0.1) is 5.92 Å². The molecule has 2 N–H and O–H groups in total. The van der Waals surface area contributed by atoms with Crippen molar-refractivity contribution in [3.63, 3.8) is 0 Å². The summed E-state index contributed by atoms with van der Waals surface area (Å²) in [5, 5.41) is 12.1. The molecular formula is C17H30N2O5. The minimum atomic E-state index is -0.969. The van der Waals surface area contributed by atoms with E-state index in [1.807, 2.05) is 6.92 Å². The number of aliphatic hydroxyl groups excluding tert-OH is 1. The Morgan fingerprint density at radius 2 is 2.00 bits per heavy atom. The highest BCUT2D eigenvalue weighted by atomic mass is 16.6. The van der Waals surface area contributed by atoms with Gasteiger partial charge in [-0.15, -0.1) is 0 Å². The monoisotopic (exact) mass is 342 g/mol. The summed E-state index contributed by atoms with van der Waals surface area (Å²) in [7, 11) is 0. The van der Waals surface area contributed by atoms with E-state index in [1.165, 1.54) is 0 Å². The zero-order chi connectivity index (χ0) is 18.0. The molecule has 1 unspecified atom stereocenters. The second-order valence-electron chi connectivity index (χ2n) is 7.93. The third kappa shape index (κ3) is 4.60. The van der Waals surface area contributed by atoms with Crippen molar-refractivity contribution in [1.29, 1.82) is 0 Å². The molecule has 7 nitrogen and oxygen atoms in total. The number of carbonyl (C=O) groups is 2. The summed E-state index contributed by atoms with van der Waals surface area (Å²) in [6.45, 7) is 8.99. The van der Waals surface area contributed by atoms with Gasteiger partial charge >= 0.3 is 6.09 Å². The number of rotatable bonds is 3. The van der Waals surface area contributed by atoms with Gasteiger partial charge in [-0.1, -0.05) is 0 Å². The molecule has 0 aromatic heterocycles. The maximum absolute atomic E-state index is 13.0. The van der Waals surface area contributed by atoms with Crippen molar-refractivity contribution >= 4 is 12.0 Å². The van der Waals surface area contributed by atoms with Gasteiger partial charge in [-0.25, -0.2) is 4.79 Å². The normalized spacial score (nSPS) is 31.0. The van der Waals surface area contributed by atoms with Gasteiger partial charge in [0.25, 0.3) is 0 Å². The van der Waals surface area contributed by atoms with E-state index in [1.54, 1.807) is 25.7 Å². The third-order valence-corrected chi connectivity index (χ3v) is 4.54. The predicted molar refractivity (Wildman–Crippen MR) is 88.5 cm³/mol. The van der Waals surface area contributed by atoms with Crippen LogP contribution in [-0.4, -0.2) is 65.6 Å². The van der Waals surface area contributed by atoms with E-state index in [0.717, 1.165) is 6.42 Å². The highest BCUT2D eigenvalue weighted by Crippen LogP contribution is 2.39. The molecule has 0 spiro atoms. The molecule has 2 amide bonds. The molecule has 1 atom stereocenters. The summed E-state index contributed by atoms with van der Waals surface area (Å²) in [6.07, 6.45) is 1.19. The molecule has 138 valence electrons. The minimum Gasteiger partial charge on any atom is -0.444 e. The van der Waals surface area contributed by atoms with Gasteiger partial charge in [0.1, 0.15) is 11.1 Å². The van der Waals surface area contributed by atoms with Crippen LogP contribution >= 0.6 is 0 Å². The van der Waals surface area contributed by atoms with Crippen molar-refractivity contribution in [2.75, 3.05) is 26.3 Å². The molecule has 0 bridgehead atoms. The standard InChI is InChI=1S/C17H30N2O5/c1-12-5-6-19(7-8-23-12)14(21)17(9-13(10-17)11-20)18-15(22)24-16(2,3)4/h12-13,20H,5-11H2,1-4H3,(H,18,22). The van der Waals surface area contributed by atoms with Gasteiger partial charge in [-0.2, -0.15) is 0 Å². The molecule has 1 aliphatic heterocycles. The van der Waals surface area contributed by atoms with Gasteiger partial charge in [0.2, 0.25) is 5.91 Å². The number of hydrogen-bond donors (Lipinski definition) is 2. The van der Waals surface area contributed by atoms with E-state index in [0.29, 0.717) is 32.5 Å². The number of nitrogens with zero attached hydrogens (tertiary/aromatic N) is 1.